The van der Waals surface area contributed by atoms with Crippen LogP contribution in [0.4, 0.5) is 4.39 Å². The molecule has 0 saturated carbocycles. The molecule has 2 aromatic carbocycles. The minimum absolute atomic E-state index is 0.0219. The zero-order valence-electron chi connectivity index (χ0n) is 18.0. The Morgan fingerprint density at radius 3 is 2.55 bits per heavy atom. The SMILES string of the molecule is Cc1ccc(C)c(C(C)NC(=O)C2CCN(S(=O)(=O)Cc3c(F)cccc3Cl)CC2)c1. The summed E-state index contributed by atoms with van der Waals surface area (Å²) in [6, 6.07) is 10.1. The second kappa shape index (κ2) is 9.67. The van der Waals surface area contributed by atoms with E-state index < -0.39 is 21.6 Å². The van der Waals surface area contributed by atoms with Crippen LogP contribution in [0.5, 0.6) is 0 Å². The van der Waals surface area contributed by atoms with E-state index in [-0.39, 0.29) is 41.5 Å². The van der Waals surface area contributed by atoms with Gasteiger partial charge in [0.1, 0.15) is 5.82 Å². The first kappa shape index (κ1) is 23.7. The van der Waals surface area contributed by atoms with Crippen LogP contribution in [0, 0.1) is 25.6 Å². The maximum atomic E-state index is 14.0. The lowest BCUT2D eigenvalue weighted by atomic mass is 9.95. The average molecular weight is 467 g/mol. The molecule has 0 aliphatic carbocycles. The van der Waals surface area contributed by atoms with Gasteiger partial charge in [0, 0.05) is 29.6 Å². The van der Waals surface area contributed by atoms with Crippen molar-refractivity contribution in [2.24, 2.45) is 5.92 Å². The first-order chi connectivity index (χ1) is 14.6. The van der Waals surface area contributed by atoms with Crippen LogP contribution in [0.3, 0.4) is 0 Å². The molecular weight excluding hydrogens is 439 g/mol. The number of nitrogens with zero attached hydrogens (tertiary/aromatic N) is 1. The van der Waals surface area contributed by atoms with Gasteiger partial charge in [0.05, 0.1) is 11.8 Å². The third-order valence-electron chi connectivity index (χ3n) is 5.87. The Kier molecular flexibility index (Phi) is 7.39. The van der Waals surface area contributed by atoms with E-state index in [2.05, 4.69) is 11.4 Å². The molecule has 1 atom stereocenters. The molecule has 8 heteroatoms. The molecule has 0 bridgehead atoms. The van der Waals surface area contributed by atoms with Gasteiger partial charge in [-0.05, 0) is 56.9 Å². The number of aryl methyl sites for hydroxylation is 2. The third kappa shape index (κ3) is 5.64. The van der Waals surface area contributed by atoms with Crippen molar-refractivity contribution in [3.8, 4) is 0 Å². The molecule has 0 aromatic heterocycles. The number of carbonyl (C=O) groups excluding carboxylic acids is 1. The summed E-state index contributed by atoms with van der Waals surface area (Å²) in [6.07, 6.45) is 0.852. The standard InChI is InChI=1S/C23H28ClFN2O3S/c1-15-7-8-16(2)19(13-15)17(3)26-23(28)18-9-11-27(12-10-18)31(29,30)14-20-21(24)5-4-6-22(20)25/h4-8,13,17-18H,9-12,14H2,1-3H3,(H,26,28). The molecule has 5 nitrogen and oxygen atoms in total. The minimum atomic E-state index is -3.73. The molecule has 1 amide bonds. The van der Waals surface area contributed by atoms with Crippen molar-refractivity contribution in [2.45, 2.75) is 45.4 Å². The lowest BCUT2D eigenvalue weighted by molar-refractivity contribution is -0.126. The van der Waals surface area contributed by atoms with Crippen molar-refractivity contribution in [3.63, 3.8) is 0 Å². The summed E-state index contributed by atoms with van der Waals surface area (Å²) in [5.41, 5.74) is 3.31. The van der Waals surface area contributed by atoms with Gasteiger partial charge in [-0.15, -0.1) is 0 Å². The van der Waals surface area contributed by atoms with Gasteiger partial charge < -0.3 is 5.32 Å². The summed E-state index contributed by atoms with van der Waals surface area (Å²) in [5.74, 6) is -1.44. The topological polar surface area (TPSA) is 66.5 Å². The van der Waals surface area contributed by atoms with Crippen molar-refractivity contribution in [3.05, 3.63) is 69.5 Å². The van der Waals surface area contributed by atoms with Gasteiger partial charge in [-0.1, -0.05) is 41.4 Å². The number of benzene rings is 2. The summed E-state index contributed by atoms with van der Waals surface area (Å²) >= 11 is 5.98. The number of nitrogens with one attached hydrogen (secondary N) is 1. The van der Waals surface area contributed by atoms with Crippen LogP contribution in [0.1, 0.15) is 48.1 Å². The molecule has 0 spiro atoms. The lowest BCUT2D eigenvalue weighted by Gasteiger charge is -2.31. The van der Waals surface area contributed by atoms with E-state index in [0.717, 1.165) is 16.7 Å². The van der Waals surface area contributed by atoms with E-state index >= 15 is 0 Å². The van der Waals surface area contributed by atoms with E-state index in [1.54, 1.807) is 0 Å². The maximum absolute atomic E-state index is 14.0. The third-order valence-corrected chi connectivity index (χ3v) is 8.03. The first-order valence-corrected chi connectivity index (χ1v) is 12.4. The van der Waals surface area contributed by atoms with Crippen LogP contribution in [0.15, 0.2) is 36.4 Å². The Morgan fingerprint density at radius 1 is 1.23 bits per heavy atom. The van der Waals surface area contributed by atoms with Crippen LogP contribution in [0.25, 0.3) is 0 Å². The van der Waals surface area contributed by atoms with E-state index in [9.17, 15) is 17.6 Å². The summed E-state index contributed by atoms with van der Waals surface area (Å²) in [7, 11) is -3.73. The molecular formula is C23H28ClFN2O3S. The van der Waals surface area contributed by atoms with Gasteiger partial charge >= 0.3 is 0 Å². The van der Waals surface area contributed by atoms with Crippen molar-refractivity contribution >= 4 is 27.5 Å². The lowest BCUT2D eigenvalue weighted by Crippen LogP contribution is -2.43. The number of hydrogen-bond donors (Lipinski definition) is 1. The fraction of sp³-hybridized carbons (Fsp3) is 0.435. The minimum Gasteiger partial charge on any atom is -0.349 e. The smallest absolute Gasteiger partial charge is 0.223 e. The quantitative estimate of drug-likeness (QED) is 0.680. The van der Waals surface area contributed by atoms with Gasteiger partial charge in [-0.3, -0.25) is 4.79 Å². The molecule has 2 aromatic rings. The van der Waals surface area contributed by atoms with Crippen LogP contribution < -0.4 is 5.32 Å². The highest BCUT2D eigenvalue weighted by Crippen LogP contribution is 2.27. The Morgan fingerprint density at radius 2 is 1.90 bits per heavy atom. The van der Waals surface area contributed by atoms with E-state index in [4.69, 9.17) is 11.6 Å². The molecule has 1 fully saturated rings. The highest BCUT2D eigenvalue weighted by molar-refractivity contribution is 7.88. The van der Waals surface area contributed by atoms with E-state index in [1.807, 2.05) is 32.9 Å². The monoisotopic (exact) mass is 466 g/mol. The molecule has 3 rings (SSSR count). The highest BCUT2D eigenvalue weighted by Gasteiger charge is 2.32. The largest absolute Gasteiger partial charge is 0.349 e. The number of carbonyl (C=O) groups is 1. The second-order valence-corrected chi connectivity index (χ2v) is 10.6. The normalized spacial score (nSPS) is 16.8. The number of piperidine rings is 1. The fourth-order valence-electron chi connectivity index (χ4n) is 3.98. The number of halogens is 2. The summed E-state index contributed by atoms with van der Waals surface area (Å²) in [6.45, 7) is 6.44. The predicted molar refractivity (Wildman–Crippen MR) is 121 cm³/mol. The van der Waals surface area contributed by atoms with Gasteiger partial charge in [0.15, 0.2) is 0 Å². The zero-order chi connectivity index (χ0) is 22.8. The molecule has 1 aliphatic heterocycles. The van der Waals surface area contributed by atoms with Gasteiger partial charge in [0.2, 0.25) is 15.9 Å². The van der Waals surface area contributed by atoms with E-state index in [1.165, 1.54) is 22.5 Å². The van der Waals surface area contributed by atoms with Crippen molar-refractivity contribution in [1.29, 1.82) is 0 Å². The van der Waals surface area contributed by atoms with Crippen molar-refractivity contribution in [2.75, 3.05) is 13.1 Å². The average Bonchev–Trinajstić information content (AvgIpc) is 2.72. The second-order valence-electron chi connectivity index (χ2n) is 8.22. The Labute approximate surface area is 188 Å². The molecule has 168 valence electrons. The molecule has 1 N–H and O–H groups in total. The highest BCUT2D eigenvalue weighted by atomic mass is 35.5. The number of amides is 1. The zero-order valence-corrected chi connectivity index (χ0v) is 19.6. The van der Waals surface area contributed by atoms with Crippen LogP contribution in [-0.4, -0.2) is 31.7 Å². The van der Waals surface area contributed by atoms with Crippen LogP contribution in [-0.2, 0) is 20.6 Å². The maximum Gasteiger partial charge on any atom is 0.223 e. The van der Waals surface area contributed by atoms with Gasteiger partial charge in [-0.25, -0.2) is 17.1 Å². The number of sulfonamides is 1. The number of rotatable bonds is 6. The number of hydrogen-bond acceptors (Lipinski definition) is 3. The molecule has 1 unspecified atom stereocenters. The predicted octanol–water partition coefficient (Wildman–Crippen LogP) is 4.52. The molecule has 31 heavy (non-hydrogen) atoms. The summed E-state index contributed by atoms with van der Waals surface area (Å²) in [5, 5.41) is 3.16. The molecule has 1 aliphatic rings. The van der Waals surface area contributed by atoms with Crippen LogP contribution >= 0.6 is 11.6 Å². The van der Waals surface area contributed by atoms with Gasteiger partial charge in [-0.2, -0.15) is 0 Å². The molecule has 1 saturated heterocycles. The Balaban J connectivity index is 1.59. The summed E-state index contributed by atoms with van der Waals surface area (Å²) in [4.78, 5) is 12.8. The molecule has 1 heterocycles. The Hall–Kier alpha value is -1.96. The fourth-order valence-corrected chi connectivity index (χ4v) is 5.89. The van der Waals surface area contributed by atoms with Crippen molar-refractivity contribution in [1.82, 2.24) is 9.62 Å². The molecule has 0 radical (unpaired) electrons. The van der Waals surface area contributed by atoms with Crippen molar-refractivity contribution < 1.29 is 17.6 Å². The summed E-state index contributed by atoms with van der Waals surface area (Å²) < 4.78 is 40.9. The Bertz CT molecular complexity index is 1050. The van der Waals surface area contributed by atoms with Crippen LogP contribution in [0.2, 0.25) is 5.02 Å². The van der Waals surface area contributed by atoms with E-state index in [0.29, 0.717) is 12.8 Å². The van der Waals surface area contributed by atoms with Gasteiger partial charge in [0.25, 0.3) is 0 Å². The first-order valence-electron chi connectivity index (χ1n) is 10.4.